The van der Waals surface area contributed by atoms with Gasteiger partial charge in [-0.1, -0.05) is 33.1 Å². The van der Waals surface area contributed by atoms with Crippen LogP contribution in [0.4, 0.5) is 0 Å². The molecule has 0 N–H and O–H groups in total. The molecular weight excluding hydrogens is 232 g/mol. The summed E-state index contributed by atoms with van der Waals surface area (Å²) in [6, 6.07) is 0. The van der Waals surface area contributed by atoms with E-state index in [9.17, 15) is 4.79 Å². The zero-order valence-electron chi connectivity index (χ0n) is 9.63. The smallest absolute Gasteiger partial charge is 0.315 e. The maximum Gasteiger partial charge on any atom is 0.315 e. The quantitative estimate of drug-likeness (QED) is 0.355. The second-order valence-electron chi connectivity index (χ2n) is 3.41. The molecule has 0 aliphatic heterocycles. The fourth-order valence-electron chi connectivity index (χ4n) is 1.03. The molecule has 0 radical (unpaired) electrons. The predicted octanol–water partition coefficient (Wildman–Crippen LogP) is 3.82. The van der Waals surface area contributed by atoms with Crippen LogP contribution in [0.5, 0.6) is 0 Å². The number of thioether (sulfide) groups is 1. The summed E-state index contributed by atoms with van der Waals surface area (Å²) in [7, 11) is 0. The minimum absolute atomic E-state index is 0.0256. The SMILES string of the molecule is CCCCCCOC(=O)CSC(Cl)CC. The van der Waals surface area contributed by atoms with Crippen molar-refractivity contribution in [2.45, 2.75) is 50.7 Å². The number of rotatable bonds is 9. The molecule has 90 valence electrons. The van der Waals surface area contributed by atoms with Gasteiger partial charge in [-0.15, -0.1) is 23.4 Å². The zero-order valence-corrected chi connectivity index (χ0v) is 11.2. The fraction of sp³-hybridized carbons (Fsp3) is 0.909. The molecule has 0 spiro atoms. The summed E-state index contributed by atoms with van der Waals surface area (Å²) in [5, 5.41) is 0. The van der Waals surface area contributed by atoms with Crippen LogP contribution in [-0.2, 0) is 9.53 Å². The number of hydrogen-bond acceptors (Lipinski definition) is 3. The Morgan fingerprint density at radius 1 is 1.33 bits per heavy atom. The van der Waals surface area contributed by atoms with E-state index in [1.54, 1.807) is 0 Å². The van der Waals surface area contributed by atoms with Crippen LogP contribution in [0.2, 0.25) is 0 Å². The van der Waals surface area contributed by atoms with E-state index in [4.69, 9.17) is 16.3 Å². The van der Waals surface area contributed by atoms with Crippen LogP contribution in [0.3, 0.4) is 0 Å². The highest BCUT2D eigenvalue weighted by Gasteiger charge is 2.07. The van der Waals surface area contributed by atoms with Crippen LogP contribution >= 0.6 is 23.4 Å². The Balaban J connectivity index is 3.26. The number of alkyl halides is 1. The molecule has 0 heterocycles. The van der Waals surface area contributed by atoms with Crippen LogP contribution in [0, 0.1) is 0 Å². The first kappa shape index (κ1) is 15.1. The number of ether oxygens (including phenoxy) is 1. The Hall–Kier alpha value is 0.110. The third-order valence-electron chi connectivity index (χ3n) is 1.96. The molecule has 2 nitrogen and oxygen atoms in total. The molecule has 0 aromatic rings. The zero-order chi connectivity index (χ0) is 11.5. The molecule has 0 saturated heterocycles. The Bertz CT molecular complexity index is 165. The third kappa shape index (κ3) is 10.4. The molecule has 0 aromatic heterocycles. The van der Waals surface area contributed by atoms with Crippen molar-refractivity contribution in [1.29, 1.82) is 0 Å². The second kappa shape index (κ2) is 10.6. The van der Waals surface area contributed by atoms with Gasteiger partial charge in [-0.05, 0) is 12.8 Å². The molecule has 0 aliphatic rings. The average Bonchev–Trinajstić information content (AvgIpc) is 2.25. The average molecular weight is 253 g/mol. The van der Waals surface area contributed by atoms with Crippen molar-refractivity contribution in [1.82, 2.24) is 0 Å². The van der Waals surface area contributed by atoms with E-state index in [1.165, 1.54) is 24.6 Å². The molecule has 0 rings (SSSR count). The maximum atomic E-state index is 11.2. The van der Waals surface area contributed by atoms with Crippen molar-refractivity contribution in [2.24, 2.45) is 0 Å². The molecule has 1 unspecified atom stereocenters. The molecule has 0 amide bonds. The van der Waals surface area contributed by atoms with Crippen LogP contribution in [0.15, 0.2) is 0 Å². The molecule has 4 heteroatoms. The minimum Gasteiger partial charge on any atom is -0.465 e. The van der Waals surface area contributed by atoms with Crippen LogP contribution in [0.25, 0.3) is 0 Å². The highest BCUT2D eigenvalue weighted by atomic mass is 35.5. The van der Waals surface area contributed by atoms with E-state index < -0.39 is 0 Å². The summed E-state index contributed by atoms with van der Waals surface area (Å²) in [6.07, 6.45) is 5.41. The van der Waals surface area contributed by atoms with Gasteiger partial charge in [0.05, 0.1) is 17.1 Å². The van der Waals surface area contributed by atoms with Gasteiger partial charge in [0.1, 0.15) is 0 Å². The number of hydrogen-bond donors (Lipinski definition) is 0. The van der Waals surface area contributed by atoms with Gasteiger partial charge < -0.3 is 4.74 Å². The van der Waals surface area contributed by atoms with E-state index >= 15 is 0 Å². The first-order valence-corrected chi connectivity index (χ1v) is 7.10. The van der Waals surface area contributed by atoms with Crippen LogP contribution < -0.4 is 0 Å². The van der Waals surface area contributed by atoms with Crippen LogP contribution in [-0.4, -0.2) is 23.0 Å². The largest absolute Gasteiger partial charge is 0.465 e. The lowest BCUT2D eigenvalue weighted by molar-refractivity contribution is -0.140. The van der Waals surface area contributed by atoms with Gasteiger partial charge in [0.15, 0.2) is 0 Å². The number of esters is 1. The first-order valence-electron chi connectivity index (χ1n) is 5.62. The highest BCUT2D eigenvalue weighted by molar-refractivity contribution is 8.01. The van der Waals surface area contributed by atoms with Crippen molar-refractivity contribution in [3.63, 3.8) is 0 Å². The lowest BCUT2D eigenvalue weighted by Gasteiger charge is -2.06. The summed E-state index contributed by atoms with van der Waals surface area (Å²) in [5.74, 6) is 0.228. The minimum atomic E-state index is -0.143. The number of unbranched alkanes of at least 4 members (excludes halogenated alkanes) is 3. The van der Waals surface area contributed by atoms with E-state index in [0.717, 1.165) is 19.3 Å². The fourth-order valence-corrected chi connectivity index (χ4v) is 1.86. The van der Waals surface area contributed by atoms with Gasteiger partial charge >= 0.3 is 5.97 Å². The predicted molar refractivity (Wildman–Crippen MR) is 67.5 cm³/mol. The standard InChI is InChI=1S/C11H21ClO2S/c1-3-5-6-7-8-14-11(13)9-15-10(12)4-2/h10H,3-9H2,1-2H3. The number of carbonyl (C=O) groups excluding carboxylic acids is 1. The highest BCUT2D eigenvalue weighted by Crippen LogP contribution is 2.18. The van der Waals surface area contributed by atoms with Crippen molar-refractivity contribution >= 4 is 29.3 Å². The van der Waals surface area contributed by atoms with E-state index in [2.05, 4.69) is 6.92 Å². The number of halogens is 1. The molecule has 15 heavy (non-hydrogen) atoms. The summed E-state index contributed by atoms with van der Waals surface area (Å²) in [6.45, 7) is 4.72. The monoisotopic (exact) mass is 252 g/mol. The van der Waals surface area contributed by atoms with Gasteiger partial charge in [0.25, 0.3) is 0 Å². The Morgan fingerprint density at radius 3 is 2.67 bits per heavy atom. The molecule has 0 saturated carbocycles. The van der Waals surface area contributed by atoms with E-state index in [1.807, 2.05) is 6.92 Å². The van der Waals surface area contributed by atoms with Crippen molar-refractivity contribution in [2.75, 3.05) is 12.4 Å². The molecule has 0 bridgehead atoms. The Morgan fingerprint density at radius 2 is 2.07 bits per heavy atom. The lowest BCUT2D eigenvalue weighted by Crippen LogP contribution is -2.10. The first-order chi connectivity index (χ1) is 7.20. The topological polar surface area (TPSA) is 26.3 Å². The van der Waals surface area contributed by atoms with E-state index in [-0.39, 0.29) is 10.7 Å². The third-order valence-corrected chi connectivity index (χ3v) is 3.75. The van der Waals surface area contributed by atoms with Crippen molar-refractivity contribution in [3.05, 3.63) is 0 Å². The summed E-state index contributed by atoms with van der Waals surface area (Å²) < 4.78 is 5.09. The van der Waals surface area contributed by atoms with Gasteiger partial charge in [0.2, 0.25) is 0 Å². The van der Waals surface area contributed by atoms with E-state index in [0.29, 0.717) is 12.4 Å². The Labute approximate surface area is 102 Å². The molecule has 0 aromatic carbocycles. The van der Waals surface area contributed by atoms with Gasteiger partial charge in [-0.2, -0.15) is 0 Å². The van der Waals surface area contributed by atoms with Crippen molar-refractivity contribution < 1.29 is 9.53 Å². The van der Waals surface area contributed by atoms with Crippen LogP contribution in [0.1, 0.15) is 46.0 Å². The molecule has 0 fully saturated rings. The summed E-state index contributed by atoms with van der Waals surface area (Å²) in [5.41, 5.74) is 0. The summed E-state index contributed by atoms with van der Waals surface area (Å²) >= 11 is 7.31. The normalized spacial score (nSPS) is 12.5. The molecule has 0 aliphatic carbocycles. The molecular formula is C11H21ClO2S. The maximum absolute atomic E-state index is 11.2. The second-order valence-corrected chi connectivity index (χ2v) is 5.39. The lowest BCUT2D eigenvalue weighted by atomic mass is 10.2. The Kier molecular flexibility index (Phi) is 10.7. The van der Waals surface area contributed by atoms with Crippen molar-refractivity contribution in [3.8, 4) is 0 Å². The van der Waals surface area contributed by atoms with Gasteiger partial charge in [-0.3, -0.25) is 4.79 Å². The van der Waals surface area contributed by atoms with Gasteiger partial charge in [-0.25, -0.2) is 0 Å². The number of carbonyl (C=O) groups is 1. The summed E-state index contributed by atoms with van der Waals surface area (Å²) in [4.78, 5) is 11.2. The van der Waals surface area contributed by atoms with Gasteiger partial charge in [0, 0.05) is 0 Å². The molecule has 1 atom stereocenters.